The maximum atomic E-state index is 11.5. The van der Waals surface area contributed by atoms with Crippen LogP contribution < -0.4 is 0 Å². The van der Waals surface area contributed by atoms with Crippen LogP contribution in [0.1, 0.15) is 20.8 Å². The zero-order valence-corrected chi connectivity index (χ0v) is 8.00. The number of aliphatic hydroxyl groups is 1. The summed E-state index contributed by atoms with van der Waals surface area (Å²) in [6.07, 6.45) is -0.210. The monoisotopic (exact) mass is 171 g/mol. The van der Waals surface area contributed by atoms with Gasteiger partial charge in [-0.3, -0.25) is 9.69 Å². The van der Waals surface area contributed by atoms with E-state index in [4.69, 9.17) is 5.11 Å². The molecular weight excluding hydrogens is 154 g/mol. The number of nitrogens with zero attached hydrogens (tertiary/aromatic N) is 1. The van der Waals surface area contributed by atoms with Gasteiger partial charge in [0.05, 0.1) is 12.6 Å². The van der Waals surface area contributed by atoms with E-state index in [0.717, 1.165) is 0 Å². The molecule has 0 aromatic rings. The summed E-state index contributed by atoms with van der Waals surface area (Å²) < 4.78 is 0. The SMILES string of the molecule is CC(C)(C)C(=O)CN1CC(O)C1. The summed E-state index contributed by atoms with van der Waals surface area (Å²) in [6, 6.07) is 0. The number of β-amino-alcohol motifs (C(OH)–C–C–N with tert-alkyl or cyclic N) is 1. The number of rotatable bonds is 2. The van der Waals surface area contributed by atoms with Gasteiger partial charge in [0.2, 0.25) is 0 Å². The Labute approximate surface area is 73.4 Å². The number of hydrogen-bond acceptors (Lipinski definition) is 3. The molecule has 0 spiro atoms. The molecule has 1 rings (SSSR count). The van der Waals surface area contributed by atoms with Crippen LogP contribution >= 0.6 is 0 Å². The second kappa shape index (κ2) is 3.15. The molecule has 0 unspecified atom stereocenters. The van der Waals surface area contributed by atoms with Gasteiger partial charge < -0.3 is 5.11 Å². The molecule has 1 heterocycles. The van der Waals surface area contributed by atoms with Crippen molar-refractivity contribution in [1.82, 2.24) is 4.90 Å². The van der Waals surface area contributed by atoms with E-state index in [2.05, 4.69) is 0 Å². The molecule has 0 atom stereocenters. The van der Waals surface area contributed by atoms with E-state index in [9.17, 15) is 4.79 Å². The van der Waals surface area contributed by atoms with E-state index in [1.807, 2.05) is 25.7 Å². The lowest BCUT2D eigenvalue weighted by atomic mass is 9.90. The van der Waals surface area contributed by atoms with Crippen molar-refractivity contribution in [2.75, 3.05) is 19.6 Å². The Kier molecular flexibility index (Phi) is 2.54. The van der Waals surface area contributed by atoms with Crippen molar-refractivity contribution in [1.29, 1.82) is 0 Å². The quantitative estimate of drug-likeness (QED) is 0.648. The van der Waals surface area contributed by atoms with Crippen molar-refractivity contribution in [2.24, 2.45) is 5.41 Å². The maximum absolute atomic E-state index is 11.5. The van der Waals surface area contributed by atoms with E-state index in [1.165, 1.54) is 0 Å². The van der Waals surface area contributed by atoms with Crippen molar-refractivity contribution in [2.45, 2.75) is 26.9 Å². The van der Waals surface area contributed by atoms with Gasteiger partial charge in [0.25, 0.3) is 0 Å². The van der Waals surface area contributed by atoms with E-state index in [1.54, 1.807) is 0 Å². The minimum absolute atomic E-state index is 0.210. The first kappa shape index (κ1) is 9.68. The fraction of sp³-hybridized carbons (Fsp3) is 0.889. The highest BCUT2D eigenvalue weighted by Crippen LogP contribution is 2.17. The topological polar surface area (TPSA) is 40.5 Å². The Balaban J connectivity index is 2.28. The molecule has 1 aliphatic rings. The van der Waals surface area contributed by atoms with Gasteiger partial charge in [0.15, 0.2) is 5.78 Å². The molecule has 70 valence electrons. The number of Topliss-reactive ketones (excluding diaryl/α,β-unsaturated/α-hetero) is 1. The first-order valence-electron chi connectivity index (χ1n) is 4.33. The number of ketones is 1. The minimum atomic E-state index is -0.249. The van der Waals surface area contributed by atoms with Crippen LogP contribution in [0.2, 0.25) is 0 Å². The first-order chi connectivity index (χ1) is 5.39. The first-order valence-corrected chi connectivity index (χ1v) is 4.33. The van der Waals surface area contributed by atoms with Crippen molar-refractivity contribution in [3.8, 4) is 0 Å². The largest absolute Gasteiger partial charge is 0.390 e. The van der Waals surface area contributed by atoms with E-state index in [-0.39, 0.29) is 17.3 Å². The normalized spacial score (nSPS) is 20.7. The standard InChI is InChI=1S/C9H17NO2/c1-9(2,3)8(12)6-10-4-7(11)5-10/h7,11H,4-6H2,1-3H3. The molecule has 3 heteroatoms. The van der Waals surface area contributed by atoms with Crippen molar-refractivity contribution in [3.63, 3.8) is 0 Å². The van der Waals surface area contributed by atoms with Gasteiger partial charge in [-0.25, -0.2) is 0 Å². The lowest BCUT2D eigenvalue weighted by Crippen LogP contribution is -2.53. The van der Waals surface area contributed by atoms with Gasteiger partial charge in [-0.1, -0.05) is 20.8 Å². The van der Waals surface area contributed by atoms with Crippen LogP contribution in [0, 0.1) is 5.41 Å². The van der Waals surface area contributed by atoms with Crippen molar-refractivity contribution < 1.29 is 9.90 Å². The van der Waals surface area contributed by atoms with Crippen LogP contribution in [0.25, 0.3) is 0 Å². The van der Waals surface area contributed by atoms with Gasteiger partial charge in [-0.05, 0) is 0 Å². The molecule has 1 aliphatic heterocycles. The number of hydrogen-bond donors (Lipinski definition) is 1. The molecular formula is C9H17NO2. The second-order valence-corrected chi connectivity index (χ2v) is 4.52. The lowest BCUT2D eigenvalue weighted by molar-refractivity contribution is -0.130. The molecule has 0 aromatic carbocycles. The third kappa shape index (κ3) is 2.29. The number of likely N-dealkylation sites (tertiary alicyclic amines) is 1. The highest BCUT2D eigenvalue weighted by molar-refractivity contribution is 5.85. The van der Waals surface area contributed by atoms with Crippen LogP contribution in [0.3, 0.4) is 0 Å². The van der Waals surface area contributed by atoms with Crippen LogP contribution in [0.4, 0.5) is 0 Å². The predicted octanol–water partition coefficient (Wildman–Crippen LogP) is 0.278. The zero-order chi connectivity index (χ0) is 9.35. The van der Waals surface area contributed by atoms with Crippen molar-refractivity contribution >= 4 is 5.78 Å². The number of carbonyl (C=O) groups is 1. The molecule has 0 saturated carbocycles. The Bertz CT molecular complexity index is 177. The van der Waals surface area contributed by atoms with E-state index >= 15 is 0 Å². The summed E-state index contributed by atoms with van der Waals surface area (Å²) in [6.45, 7) is 7.56. The molecule has 1 N–H and O–H groups in total. The summed E-state index contributed by atoms with van der Waals surface area (Å²) >= 11 is 0. The minimum Gasteiger partial charge on any atom is -0.390 e. The van der Waals surface area contributed by atoms with Crippen LogP contribution in [0.5, 0.6) is 0 Å². The highest BCUT2D eigenvalue weighted by Gasteiger charge is 2.29. The fourth-order valence-electron chi connectivity index (χ4n) is 1.11. The third-order valence-corrected chi connectivity index (χ3v) is 2.14. The summed E-state index contributed by atoms with van der Waals surface area (Å²) in [5.41, 5.74) is -0.249. The van der Waals surface area contributed by atoms with E-state index in [0.29, 0.717) is 19.6 Å². The molecule has 0 bridgehead atoms. The van der Waals surface area contributed by atoms with Gasteiger partial charge in [-0.2, -0.15) is 0 Å². The molecule has 1 fully saturated rings. The maximum Gasteiger partial charge on any atom is 0.152 e. The average Bonchev–Trinajstić information content (AvgIpc) is 1.82. The summed E-state index contributed by atoms with van der Waals surface area (Å²) in [5.74, 6) is 0.245. The van der Waals surface area contributed by atoms with Crippen LogP contribution in [-0.2, 0) is 4.79 Å². The van der Waals surface area contributed by atoms with Gasteiger partial charge in [0.1, 0.15) is 0 Å². The smallest absolute Gasteiger partial charge is 0.152 e. The molecule has 12 heavy (non-hydrogen) atoms. The number of aliphatic hydroxyl groups excluding tert-OH is 1. The zero-order valence-electron chi connectivity index (χ0n) is 8.00. The molecule has 0 aliphatic carbocycles. The van der Waals surface area contributed by atoms with Crippen molar-refractivity contribution in [3.05, 3.63) is 0 Å². The van der Waals surface area contributed by atoms with Crippen LogP contribution in [0.15, 0.2) is 0 Å². The Morgan fingerprint density at radius 1 is 1.50 bits per heavy atom. The summed E-state index contributed by atoms with van der Waals surface area (Å²) in [5, 5.41) is 8.98. The number of carbonyl (C=O) groups excluding carboxylic acids is 1. The lowest BCUT2D eigenvalue weighted by Gasteiger charge is -2.36. The molecule has 0 amide bonds. The highest BCUT2D eigenvalue weighted by atomic mass is 16.3. The van der Waals surface area contributed by atoms with Crippen LogP contribution in [-0.4, -0.2) is 41.5 Å². The molecule has 3 nitrogen and oxygen atoms in total. The Morgan fingerprint density at radius 3 is 2.33 bits per heavy atom. The summed E-state index contributed by atoms with van der Waals surface area (Å²) in [7, 11) is 0. The van der Waals surface area contributed by atoms with Gasteiger partial charge in [0, 0.05) is 18.5 Å². The molecule has 1 saturated heterocycles. The predicted molar refractivity (Wildman–Crippen MR) is 46.9 cm³/mol. The second-order valence-electron chi connectivity index (χ2n) is 4.52. The third-order valence-electron chi connectivity index (χ3n) is 2.14. The Hall–Kier alpha value is -0.410. The summed E-state index contributed by atoms with van der Waals surface area (Å²) in [4.78, 5) is 13.4. The average molecular weight is 171 g/mol. The fourth-order valence-corrected chi connectivity index (χ4v) is 1.11. The molecule has 0 aromatic heterocycles. The molecule has 0 radical (unpaired) electrons. The van der Waals surface area contributed by atoms with Gasteiger partial charge in [-0.15, -0.1) is 0 Å². The van der Waals surface area contributed by atoms with Gasteiger partial charge >= 0.3 is 0 Å². The Morgan fingerprint density at radius 2 is 2.00 bits per heavy atom. The van der Waals surface area contributed by atoms with E-state index < -0.39 is 0 Å².